The summed E-state index contributed by atoms with van der Waals surface area (Å²) < 4.78 is 5.10. The zero-order chi connectivity index (χ0) is 17.3. The topological polar surface area (TPSA) is 67.4 Å². The minimum absolute atomic E-state index is 0.0115. The van der Waals surface area contributed by atoms with Gasteiger partial charge >= 0.3 is 0 Å². The molecule has 0 spiro atoms. The van der Waals surface area contributed by atoms with Crippen LogP contribution in [0.25, 0.3) is 0 Å². The molecule has 0 fully saturated rings. The average molecular weight is 320 g/mol. The molecule has 0 aliphatic heterocycles. The normalized spacial score (nSPS) is 11.0. The highest BCUT2D eigenvalue weighted by Gasteiger charge is 2.20. The van der Waals surface area contributed by atoms with Crippen molar-refractivity contribution < 1.29 is 14.3 Å². The first kappa shape index (κ1) is 19.0. The zero-order valence-corrected chi connectivity index (χ0v) is 14.6. The van der Waals surface area contributed by atoms with Crippen LogP contribution in [0.3, 0.4) is 0 Å². The molecule has 0 unspecified atom stereocenters. The van der Waals surface area contributed by atoms with Crippen LogP contribution in [0.2, 0.25) is 0 Å². The zero-order valence-electron chi connectivity index (χ0n) is 14.6. The van der Waals surface area contributed by atoms with Gasteiger partial charge in [-0.25, -0.2) is 0 Å². The molecule has 0 aliphatic carbocycles. The van der Waals surface area contributed by atoms with Crippen molar-refractivity contribution in [2.24, 2.45) is 5.41 Å². The Hall–Kier alpha value is -2.04. The van der Waals surface area contributed by atoms with Crippen molar-refractivity contribution in [1.82, 2.24) is 10.6 Å². The SMILES string of the molecule is COc1ccc(CCNC(=O)CCCNC(=O)C(C)(C)C)cc1. The molecule has 0 aliphatic rings. The predicted molar refractivity (Wildman–Crippen MR) is 91.4 cm³/mol. The Morgan fingerprint density at radius 2 is 1.70 bits per heavy atom. The van der Waals surface area contributed by atoms with Gasteiger partial charge in [0.15, 0.2) is 0 Å². The van der Waals surface area contributed by atoms with E-state index in [0.29, 0.717) is 25.9 Å². The van der Waals surface area contributed by atoms with Gasteiger partial charge in [0.05, 0.1) is 7.11 Å². The number of carbonyl (C=O) groups is 2. The minimum atomic E-state index is -0.388. The Bertz CT molecular complexity index is 504. The maximum Gasteiger partial charge on any atom is 0.225 e. The smallest absolute Gasteiger partial charge is 0.225 e. The van der Waals surface area contributed by atoms with Crippen molar-refractivity contribution in [2.45, 2.75) is 40.0 Å². The number of ether oxygens (including phenoxy) is 1. The third kappa shape index (κ3) is 7.68. The fourth-order valence-corrected chi connectivity index (χ4v) is 1.94. The number of amides is 2. The summed E-state index contributed by atoms with van der Waals surface area (Å²) in [6, 6.07) is 7.81. The number of methoxy groups -OCH3 is 1. The van der Waals surface area contributed by atoms with Crippen LogP contribution in [0.5, 0.6) is 5.75 Å². The molecule has 1 rings (SSSR count). The number of hydrogen-bond acceptors (Lipinski definition) is 3. The summed E-state index contributed by atoms with van der Waals surface area (Å²) in [6.45, 7) is 6.75. The second-order valence-corrected chi connectivity index (χ2v) is 6.56. The van der Waals surface area contributed by atoms with Crippen LogP contribution in [0.4, 0.5) is 0 Å². The Morgan fingerprint density at radius 3 is 2.26 bits per heavy atom. The fraction of sp³-hybridized carbons (Fsp3) is 0.556. The van der Waals surface area contributed by atoms with E-state index in [-0.39, 0.29) is 17.2 Å². The average Bonchev–Trinajstić information content (AvgIpc) is 2.51. The van der Waals surface area contributed by atoms with Crippen LogP contribution >= 0.6 is 0 Å². The molecule has 0 saturated carbocycles. The Kier molecular flexibility index (Phi) is 7.59. The van der Waals surface area contributed by atoms with E-state index in [0.717, 1.165) is 17.7 Å². The molecule has 128 valence electrons. The lowest BCUT2D eigenvalue weighted by Gasteiger charge is -2.17. The summed E-state index contributed by atoms with van der Waals surface area (Å²) in [5.74, 6) is 0.857. The molecular weight excluding hydrogens is 292 g/mol. The highest BCUT2D eigenvalue weighted by Crippen LogP contribution is 2.12. The van der Waals surface area contributed by atoms with Crippen LogP contribution < -0.4 is 15.4 Å². The molecular formula is C18H28N2O3. The largest absolute Gasteiger partial charge is 0.497 e. The summed E-state index contributed by atoms with van der Waals surface area (Å²) in [7, 11) is 1.64. The van der Waals surface area contributed by atoms with Gasteiger partial charge in [-0.05, 0) is 30.5 Å². The molecule has 1 aromatic rings. The van der Waals surface area contributed by atoms with Crippen LogP contribution in [0.15, 0.2) is 24.3 Å². The van der Waals surface area contributed by atoms with Crippen molar-refractivity contribution in [1.29, 1.82) is 0 Å². The number of hydrogen-bond donors (Lipinski definition) is 2. The van der Waals surface area contributed by atoms with Gasteiger partial charge < -0.3 is 15.4 Å². The van der Waals surface area contributed by atoms with Crippen molar-refractivity contribution in [3.8, 4) is 5.75 Å². The molecule has 0 heterocycles. The second kappa shape index (κ2) is 9.18. The Labute approximate surface area is 138 Å². The predicted octanol–water partition coefficient (Wildman–Crippen LogP) is 2.30. The molecule has 0 atom stereocenters. The molecule has 23 heavy (non-hydrogen) atoms. The lowest BCUT2D eigenvalue weighted by atomic mass is 9.96. The third-order valence-corrected chi connectivity index (χ3v) is 3.44. The van der Waals surface area contributed by atoms with Gasteiger partial charge in [0.1, 0.15) is 5.75 Å². The minimum Gasteiger partial charge on any atom is -0.497 e. The first-order valence-corrected chi connectivity index (χ1v) is 8.01. The molecule has 0 radical (unpaired) electrons. The van der Waals surface area contributed by atoms with Gasteiger partial charge in [0, 0.05) is 24.9 Å². The summed E-state index contributed by atoms with van der Waals surface area (Å²) in [5.41, 5.74) is 0.768. The summed E-state index contributed by atoms with van der Waals surface area (Å²) >= 11 is 0. The van der Waals surface area contributed by atoms with Crippen molar-refractivity contribution >= 4 is 11.8 Å². The van der Waals surface area contributed by atoms with Crippen LogP contribution in [-0.2, 0) is 16.0 Å². The lowest BCUT2D eigenvalue weighted by Crippen LogP contribution is -2.35. The van der Waals surface area contributed by atoms with Gasteiger partial charge in [0.2, 0.25) is 11.8 Å². The Balaban J connectivity index is 2.13. The highest BCUT2D eigenvalue weighted by molar-refractivity contribution is 5.81. The second-order valence-electron chi connectivity index (χ2n) is 6.56. The number of nitrogens with one attached hydrogen (secondary N) is 2. The van der Waals surface area contributed by atoms with Crippen LogP contribution in [-0.4, -0.2) is 32.0 Å². The van der Waals surface area contributed by atoms with Gasteiger partial charge in [-0.15, -0.1) is 0 Å². The summed E-state index contributed by atoms with van der Waals surface area (Å²) in [6.07, 6.45) is 1.86. The van der Waals surface area contributed by atoms with E-state index in [2.05, 4.69) is 10.6 Å². The maximum atomic E-state index is 11.7. The monoisotopic (exact) mass is 320 g/mol. The molecule has 5 heteroatoms. The number of benzene rings is 1. The summed E-state index contributed by atoms with van der Waals surface area (Å²) in [5, 5.41) is 5.74. The van der Waals surface area contributed by atoms with Crippen LogP contribution in [0.1, 0.15) is 39.2 Å². The van der Waals surface area contributed by atoms with E-state index >= 15 is 0 Å². The standard InChI is InChI=1S/C18H28N2O3/c1-18(2,3)17(22)20-12-5-6-16(21)19-13-11-14-7-9-15(23-4)10-8-14/h7-10H,5-6,11-13H2,1-4H3,(H,19,21)(H,20,22). The van der Waals surface area contributed by atoms with Gasteiger partial charge in [0.25, 0.3) is 0 Å². The number of rotatable bonds is 8. The molecule has 2 N–H and O–H groups in total. The molecule has 0 bridgehead atoms. The molecule has 2 amide bonds. The van der Waals surface area contributed by atoms with Crippen LogP contribution in [0, 0.1) is 5.41 Å². The van der Waals surface area contributed by atoms with Gasteiger partial charge in [-0.3, -0.25) is 9.59 Å². The first-order chi connectivity index (χ1) is 10.8. The maximum absolute atomic E-state index is 11.7. The molecule has 0 aromatic heterocycles. The van der Waals surface area contributed by atoms with E-state index in [4.69, 9.17) is 4.74 Å². The molecule has 5 nitrogen and oxygen atoms in total. The van der Waals surface area contributed by atoms with Crippen molar-refractivity contribution in [3.05, 3.63) is 29.8 Å². The van der Waals surface area contributed by atoms with Gasteiger partial charge in [-0.1, -0.05) is 32.9 Å². The van der Waals surface area contributed by atoms with Crippen molar-refractivity contribution in [3.63, 3.8) is 0 Å². The quantitative estimate of drug-likeness (QED) is 0.722. The molecule has 1 aromatic carbocycles. The summed E-state index contributed by atoms with van der Waals surface area (Å²) in [4.78, 5) is 23.4. The molecule has 0 saturated heterocycles. The van der Waals surface area contributed by atoms with E-state index in [1.54, 1.807) is 7.11 Å². The first-order valence-electron chi connectivity index (χ1n) is 8.01. The van der Waals surface area contributed by atoms with Gasteiger partial charge in [-0.2, -0.15) is 0 Å². The van der Waals surface area contributed by atoms with Crippen molar-refractivity contribution in [2.75, 3.05) is 20.2 Å². The van der Waals surface area contributed by atoms with E-state index < -0.39 is 0 Å². The Morgan fingerprint density at radius 1 is 1.04 bits per heavy atom. The van der Waals surface area contributed by atoms with E-state index in [1.807, 2.05) is 45.0 Å². The third-order valence-electron chi connectivity index (χ3n) is 3.44. The van der Waals surface area contributed by atoms with E-state index in [9.17, 15) is 9.59 Å². The lowest BCUT2D eigenvalue weighted by molar-refractivity contribution is -0.128. The number of carbonyl (C=O) groups excluding carboxylic acids is 2. The van der Waals surface area contributed by atoms with E-state index in [1.165, 1.54) is 0 Å². The fourth-order valence-electron chi connectivity index (χ4n) is 1.94. The highest BCUT2D eigenvalue weighted by atomic mass is 16.5.